The lowest BCUT2D eigenvalue weighted by Crippen LogP contribution is -2.32. The highest BCUT2D eigenvalue weighted by molar-refractivity contribution is 5.77. The molecule has 0 spiro atoms. The number of nitrogens with one attached hydrogen (secondary N) is 1. The van der Waals surface area contributed by atoms with Crippen molar-refractivity contribution in [3.05, 3.63) is 35.9 Å². The van der Waals surface area contributed by atoms with E-state index in [0.717, 1.165) is 26.1 Å². The van der Waals surface area contributed by atoms with E-state index in [1.807, 2.05) is 13.1 Å². The molecular weight excluding hydrogens is 260 g/mol. The zero-order chi connectivity index (χ0) is 15.2. The third-order valence-corrected chi connectivity index (χ3v) is 4.56. The van der Waals surface area contributed by atoms with Gasteiger partial charge in [-0.3, -0.25) is 4.79 Å². The molecule has 116 valence electrons. The van der Waals surface area contributed by atoms with E-state index in [9.17, 15) is 4.79 Å². The summed E-state index contributed by atoms with van der Waals surface area (Å²) in [6.45, 7) is 7.26. The van der Waals surface area contributed by atoms with Crippen molar-refractivity contribution >= 4 is 5.91 Å². The van der Waals surface area contributed by atoms with Gasteiger partial charge >= 0.3 is 0 Å². The minimum Gasteiger partial charge on any atom is -0.342 e. The van der Waals surface area contributed by atoms with E-state index in [4.69, 9.17) is 0 Å². The summed E-state index contributed by atoms with van der Waals surface area (Å²) in [5, 5.41) is 3.22. The Morgan fingerprint density at radius 2 is 2.05 bits per heavy atom. The van der Waals surface area contributed by atoms with Crippen molar-refractivity contribution in [2.45, 2.75) is 32.6 Å². The second-order valence-electron chi connectivity index (χ2n) is 6.52. The second-order valence-corrected chi connectivity index (χ2v) is 6.52. The van der Waals surface area contributed by atoms with Crippen molar-refractivity contribution in [3.63, 3.8) is 0 Å². The predicted octanol–water partition coefficient (Wildman–Crippen LogP) is 2.88. The van der Waals surface area contributed by atoms with Crippen LogP contribution in [0.15, 0.2) is 30.3 Å². The van der Waals surface area contributed by atoms with Crippen LogP contribution in [-0.2, 0) is 4.79 Å². The third-order valence-electron chi connectivity index (χ3n) is 4.56. The molecule has 1 amide bonds. The molecule has 2 atom stereocenters. The molecule has 21 heavy (non-hydrogen) atoms. The van der Waals surface area contributed by atoms with Gasteiger partial charge in [0, 0.05) is 19.5 Å². The van der Waals surface area contributed by atoms with Crippen LogP contribution in [0.1, 0.15) is 38.2 Å². The number of carbonyl (C=O) groups excluding carboxylic acids is 1. The van der Waals surface area contributed by atoms with Crippen LogP contribution in [0.5, 0.6) is 0 Å². The van der Waals surface area contributed by atoms with Crippen LogP contribution < -0.4 is 5.32 Å². The zero-order valence-electron chi connectivity index (χ0n) is 13.5. The van der Waals surface area contributed by atoms with Gasteiger partial charge in [0.2, 0.25) is 5.91 Å². The lowest BCUT2D eigenvalue weighted by Gasteiger charge is -2.24. The summed E-state index contributed by atoms with van der Waals surface area (Å²) in [7, 11) is 1.98. The Hall–Kier alpha value is -1.35. The number of carbonyl (C=O) groups is 1. The Morgan fingerprint density at radius 1 is 1.33 bits per heavy atom. The van der Waals surface area contributed by atoms with E-state index in [0.29, 0.717) is 30.1 Å². The van der Waals surface area contributed by atoms with E-state index in [1.165, 1.54) is 5.56 Å². The lowest BCUT2D eigenvalue weighted by molar-refractivity contribution is -0.130. The number of rotatable bonds is 6. The van der Waals surface area contributed by atoms with Crippen LogP contribution in [0.25, 0.3) is 0 Å². The lowest BCUT2D eigenvalue weighted by atomic mass is 9.85. The highest BCUT2D eigenvalue weighted by Gasteiger charge is 2.28. The number of hydrogen-bond donors (Lipinski definition) is 1. The van der Waals surface area contributed by atoms with E-state index in [2.05, 4.69) is 48.3 Å². The molecule has 0 bridgehead atoms. The summed E-state index contributed by atoms with van der Waals surface area (Å²) in [4.78, 5) is 14.6. The molecular formula is C18H28N2O. The summed E-state index contributed by atoms with van der Waals surface area (Å²) < 4.78 is 0. The van der Waals surface area contributed by atoms with Gasteiger partial charge in [0.1, 0.15) is 0 Å². The van der Waals surface area contributed by atoms with Gasteiger partial charge in [0.05, 0.1) is 0 Å². The van der Waals surface area contributed by atoms with Crippen LogP contribution in [0.4, 0.5) is 0 Å². The Morgan fingerprint density at radius 3 is 2.67 bits per heavy atom. The van der Waals surface area contributed by atoms with Gasteiger partial charge in [-0.1, -0.05) is 44.2 Å². The Bertz CT molecular complexity index is 444. The molecule has 0 saturated carbocycles. The quantitative estimate of drug-likeness (QED) is 0.873. The second kappa shape index (κ2) is 7.60. The molecule has 2 rings (SSSR count). The molecule has 1 heterocycles. The van der Waals surface area contributed by atoms with E-state index in [1.54, 1.807) is 0 Å². The molecule has 1 aliphatic rings. The summed E-state index contributed by atoms with van der Waals surface area (Å²) >= 11 is 0. The number of amides is 1. The van der Waals surface area contributed by atoms with E-state index >= 15 is 0 Å². The van der Waals surface area contributed by atoms with Crippen LogP contribution in [0, 0.1) is 11.8 Å². The molecule has 1 aromatic rings. The molecule has 3 heteroatoms. The average molecular weight is 288 g/mol. The summed E-state index contributed by atoms with van der Waals surface area (Å²) in [5.74, 6) is 1.73. The maximum atomic E-state index is 12.6. The van der Waals surface area contributed by atoms with Crippen molar-refractivity contribution in [1.29, 1.82) is 0 Å². The Balaban J connectivity index is 1.97. The normalized spacial score (nSPS) is 20.0. The largest absolute Gasteiger partial charge is 0.342 e. The molecule has 1 fully saturated rings. The van der Waals surface area contributed by atoms with Crippen molar-refractivity contribution in [2.24, 2.45) is 11.8 Å². The highest BCUT2D eigenvalue weighted by atomic mass is 16.2. The first-order valence-corrected chi connectivity index (χ1v) is 8.09. The van der Waals surface area contributed by atoms with Crippen LogP contribution in [0.2, 0.25) is 0 Å². The molecule has 0 aliphatic carbocycles. The van der Waals surface area contributed by atoms with Crippen LogP contribution >= 0.6 is 0 Å². The van der Waals surface area contributed by atoms with Gasteiger partial charge in [-0.05, 0) is 43.3 Å². The number of likely N-dealkylation sites (tertiary alicyclic amines) is 1. The first-order chi connectivity index (χ1) is 10.1. The van der Waals surface area contributed by atoms with E-state index in [-0.39, 0.29) is 0 Å². The van der Waals surface area contributed by atoms with Gasteiger partial charge in [-0.25, -0.2) is 0 Å². The standard InChI is InChI=1S/C18H28N2O/c1-14(2)17(16-7-5-4-6-8-16)11-18(21)20-10-9-15(13-20)12-19-3/h4-8,14-15,17,19H,9-13H2,1-3H3. The molecule has 0 radical (unpaired) electrons. The minimum absolute atomic E-state index is 0.316. The Labute approximate surface area is 128 Å². The van der Waals surface area contributed by atoms with Gasteiger partial charge in [-0.15, -0.1) is 0 Å². The topological polar surface area (TPSA) is 32.3 Å². The summed E-state index contributed by atoms with van der Waals surface area (Å²) in [6, 6.07) is 10.4. The zero-order valence-corrected chi connectivity index (χ0v) is 13.5. The molecule has 1 N–H and O–H groups in total. The van der Waals surface area contributed by atoms with Crippen LogP contribution in [0.3, 0.4) is 0 Å². The van der Waals surface area contributed by atoms with E-state index < -0.39 is 0 Å². The molecule has 3 nitrogen and oxygen atoms in total. The summed E-state index contributed by atoms with van der Waals surface area (Å²) in [6.07, 6.45) is 1.76. The molecule has 2 unspecified atom stereocenters. The fourth-order valence-electron chi connectivity index (χ4n) is 3.27. The van der Waals surface area contributed by atoms with Gasteiger partial charge < -0.3 is 10.2 Å². The Kier molecular flexibility index (Phi) is 5.80. The van der Waals surface area contributed by atoms with Gasteiger partial charge in [0.25, 0.3) is 0 Å². The van der Waals surface area contributed by atoms with Crippen molar-refractivity contribution in [3.8, 4) is 0 Å². The average Bonchev–Trinajstić information content (AvgIpc) is 2.94. The van der Waals surface area contributed by atoms with Crippen LogP contribution in [-0.4, -0.2) is 37.5 Å². The maximum Gasteiger partial charge on any atom is 0.223 e. The fraction of sp³-hybridized carbons (Fsp3) is 0.611. The van der Waals surface area contributed by atoms with Crippen molar-refractivity contribution in [1.82, 2.24) is 10.2 Å². The minimum atomic E-state index is 0.316. The van der Waals surface area contributed by atoms with Crippen molar-refractivity contribution in [2.75, 3.05) is 26.7 Å². The number of benzene rings is 1. The molecule has 1 aliphatic heterocycles. The first kappa shape index (κ1) is 16.0. The molecule has 1 aromatic carbocycles. The summed E-state index contributed by atoms with van der Waals surface area (Å²) in [5.41, 5.74) is 1.28. The predicted molar refractivity (Wildman–Crippen MR) is 87.3 cm³/mol. The number of hydrogen-bond acceptors (Lipinski definition) is 2. The maximum absolute atomic E-state index is 12.6. The fourth-order valence-corrected chi connectivity index (χ4v) is 3.27. The first-order valence-electron chi connectivity index (χ1n) is 8.09. The molecule has 0 aromatic heterocycles. The number of nitrogens with zero attached hydrogens (tertiary/aromatic N) is 1. The third kappa shape index (κ3) is 4.31. The monoisotopic (exact) mass is 288 g/mol. The molecule has 1 saturated heterocycles. The smallest absolute Gasteiger partial charge is 0.223 e. The van der Waals surface area contributed by atoms with Crippen molar-refractivity contribution < 1.29 is 4.79 Å². The highest BCUT2D eigenvalue weighted by Crippen LogP contribution is 2.29. The van der Waals surface area contributed by atoms with Gasteiger partial charge in [0.15, 0.2) is 0 Å². The van der Waals surface area contributed by atoms with Gasteiger partial charge in [-0.2, -0.15) is 0 Å². The SMILES string of the molecule is CNCC1CCN(C(=O)CC(c2ccccc2)C(C)C)C1.